The molecular weight excluding hydrogens is 430 g/mol. The second-order valence-electron chi connectivity index (χ2n) is 7.29. The van der Waals surface area contributed by atoms with Crippen LogP contribution < -0.4 is 20.5 Å². The molecule has 0 aliphatic carbocycles. The van der Waals surface area contributed by atoms with Gasteiger partial charge >= 0.3 is 5.69 Å². The molecule has 0 saturated heterocycles. The predicted molar refractivity (Wildman–Crippen MR) is 117 cm³/mol. The van der Waals surface area contributed by atoms with Crippen LogP contribution >= 0.6 is 0 Å². The summed E-state index contributed by atoms with van der Waals surface area (Å²) in [6.07, 6.45) is 1.64. The number of fused-ring (bicyclic) bond motifs is 2. The summed E-state index contributed by atoms with van der Waals surface area (Å²) in [5.74, 6) is -0.165. The molecule has 33 heavy (non-hydrogen) atoms. The fraction of sp³-hybridized carbons (Fsp3) is 0.136. The Morgan fingerprint density at radius 3 is 2.64 bits per heavy atom. The number of hydrogen-bond acceptors (Lipinski definition) is 7. The minimum atomic E-state index is -0.666. The Hall–Kier alpha value is -4.67. The monoisotopic (exact) mass is 447 g/mol. The number of nitro benzene ring substituents is 1. The number of carbonyl (C=O) groups is 1. The van der Waals surface area contributed by atoms with Crippen molar-refractivity contribution in [2.75, 3.05) is 18.5 Å². The maximum absolute atomic E-state index is 12.9. The summed E-state index contributed by atoms with van der Waals surface area (Å²) < 4.78 is 13.6. The highest BCUT2D eigenvalue weighted by molar-refractivity contribution is 6.07. The van der Waals surface area contributed by atoms with E-state index in [1.54, 1.807) is 48.7 Å². The van der Waals surface area contributed by atoms with Gasteiger partial charge in [0.05, 0.1) is 17.5 Å². The number of aromatic nitrogens is 3. The number of benzene rings is 2. The standard InChI is InChI=1S/C22H17N5O6/c28-21(16-11-18-19(33-9-8-32-18)12-17(16)27(30)31)23-15-5-3-4-14(10-15)13-26-22(29)25-7-2-1-6-20(25)24-26/h1-7,10-12H,8-9,13H2,(H,23,28). The molecule has 0 fully saturated rings. The third kappa shape index (κ3) is 3.87. The zero-order valence-electron chi connectivity index (χ0n) is 17.1. The van der Waals surface area contributed by atoms with Crippen LogP contribution in [0.25, 0.3) is 5.65 Å². The Morgan fingerprint density at radius 1 is 1.09 bits per heavy atom. The van der Waals surface area contributed by atoms with Crippen LogP contribution in [0.5, 0.6) is 11.5 Å². The van der Waals surface area contributed by atoms with Gasteiger partial charge in [0, 0.05) is 18.0 Å². The number of rotatable bonds is 5. The highest BCUT2D eigenvalue weighted by Gasteiger charge is 2.26. The smallest absolute Gasteiger partial charge is 0.350 e. The maximum atomic E-state index is 12.9. The van der Waals surface area contributed by atoms with Gasteiger partial charge in [0.2, 0.25) is 0 Å². The number of anilines is 1. The Bertz CT molecular complexity index is 1460. The third-order valence-corrected chi connectivity index (χ3v) is 5.11. The average molecular weight is 447 g/mol. The van der Waals surface area contributed by atoms with E-state index in [1.807, 2.05) is 0 Å². The maximum Gasteiger partial charge on any atom is 0.350 e. The molecule has 0 saturated carbocycles. The van der Waals surface area contributed by atoms with Gasteiger partial charge in [-0.25, -0.2) is 9.48 Å². The second kappa shape index (κ2) is 8.11. The molecule has 11 heteroatoms. The first-order chi connectivity index (χ1) is 16.0. The van der Waals surface area contributed by atoms with Crippen molar-refractivity contribution in [3.05, 3.63) is 92.5 Å². The van der Waals surface area contributed by atoms with E-state index in [-0.39, 0.29) is 48.2 Å². The van der Waals surface area contributed by atoms with E-state index in [0.29, 0.717) is 11.3 Å². The summed E-state index contributed by atoms with van der Waals surface area (Å²) >= 11 is 0. The molecular formula is C22H17N5O6. The number of amides is 1. The number of nitrogens with one attached hydrogen (secondary N) is 1. The first kappa shape index (κ1) is 20.2. The zero-order valence-corrected chi connectivity index (χ0v) is 17.1. The van der Waals surface area contributed by atoms with Gasteiger partial charge in [-0.3, -0.25) is 19.3 Å². The minimum absolute atomic E-state index is 0.147. The van der Waals surface area contributed by atoms with E-state index < -0.39 is 10.8 Å². The molecule has 1 N–H and O–H groups in total. The van der Waals surface area contributed by atoms with E-state index in [9.17, 15) is 19.7 Å². The largest absolute Gasteiger partial charge is 0.486 e. The predicted octanol–water partition coefficient (Wildman–Crippen LogP) is 2.48. The van der Waals surface area contributed by atoms with Gasteiger partial charge in [-0.1, -0.05) is 18.2 Å². The Labute approximate surface area is 185 Å². The van der Waals surface area contributed by atoms with Crippen LogP contribution in [-0.2, 0) is 6.54 Å². The molecule has 0 atom stereocenters. The SMILES string of the molecule is O=C(Nc1cccc(Cn2nc3ccccn3c2=O)c1)c1cc2c(cc1[N+](=O)[O-])OCCO2. The van der Waals surface area contributed by atoms with Gasteiger partial charge in [0.25, 0.3) is 11.6 Å². The molecule has 166 valence electrons. The van der Waals surface area contributed by atoms with Crippen LogP contribution in [0.1, 0.15) is 15.9 Å². The molecule has 3 heterocycles. The normalized spacial score (nSPS) is 12.5. The van der Waals surface area contributed by atoms with Gasteiger partial charge in [-0.2, -0.15) is 0 Å². The Morgan fingerprint density at radius 2 is 1.88 bits per heavy atom. The Balaban J connectivity index is 1.41. The van der Waals surface area contributed by atoms with Crippen LogP contribution in [0.2, 0.25) is 0 Å². The summed E-state index contributed by atoms with van der Waals surface area (Å²) in [6.45, 7) is 0.753. The van der Waals surface area contributed by atoms with Gasteiger partial charge in [0.15, 0.2) is 17.1 Å². The van der Waals surface area contributed by atoms with Crippen LogP contribution in [-0.4, -0.2) is 38.2 Å². The topological polar surface area (TPSA) is 130 Å². The van der Waals surface area contributed by atoms with Crippen molar-refractivity contribution in [1.82, 2.24) is 14.2 Å². The van der Waals surface area contributed by atoms with Gasteiger partial charge < -0.3 is 14.8 Å². The summed E-state index contributed by atoms with van der Waals surface area (Å²) in [6, 6.07) is 14.6. The minimum Gasteiger partial charge on any atom is -0.486 e. The number of carbonyl (C=O) groups excluding carboxylic acids is 1. The summed E-state index contributed by atoms with van der Waals surface area (Å²) in [4.78, 5) is 36.3. The summed E-state index contributed by atoms with van der Waals surface area (Å²) in [5.41, 5.74) is 0.841. The van der Waals surface area contributed by atoms with E-state index in [4.69, 9.17) is 9.47 Å². The quantitative estimate of drug-likeness (QED) is 0.367. The molecule has 1 aliphatic rings. The molecule has 2 aromatic carbocycles. The van der Waals surface area contributed by atoms with Gasteiger partial charge in [0.1, 0.15) is 18.8 Å². The average Bonchev–Trinajstić information content (AvgIpc) is 3.13. The van der Waals surface area contributed by atoms with Gasteiger partial charge in [-0.15, -0.1) is 5.10 Å². The molecule has 0 spiro atoms. The molecule has 0 radical (unpaired) electrons. The lowest BCUT2D eigenvalue weighted by molar-refractivity contribution is -0.385. The van der Waals surface area contributed by atoms with Crippen molar-refractivity contribution in [3.8, 4) is 11.5 Å². The molecule has 0 bridgehead atoms. The van der Waals surface area contributed by atoms with Crippen molar-refractivity contribution < 1.29 is 19.2 Å². The fourth-order valence-corrected chi connectivity index (χ4v) is 3.60. The van der Waals surface area contributed by atoms with Gasteiger partial charge in [-0.05, 0) is 29.8 Å². The molecule has 2 aromatic heterocycles. The van der Waals surface area contributed by atoms with Crippen LogP contribution in [0, 0.1) is 10.1 Å². The number of nitrogens with zero attached hydrogens (tertiary/aromatic N) is 4. The van der Waals surface area contributed by atoms with E-state index in [0.717, 1.165) is 5.56 Å². The third-order valence-electron chi connectivity index (χ3n) is 5.11. The number of hydrogen-bond donors (Lipinski definition) is 1. The summed E-state index contributed by atoms with van der Waals surface area (Å²) in [7, 11) is 0. The second-order valence-corrected chi connectivity index (χ2v) is 7.29. The van der Waals surface area contributed by atoms with E-state index in [1.165, 1.54) is 21.2 Å². The number of nitro groups is 1. The summed E-state index contributed by atoms with van der Waals surface area (Å²) in [5, 5.41) is 18.5. The zero-order chi connectivity index (χ0) is 22.9. The van der Waals surface area contributed by atoms with E-state index in [2.05, 4.69) is 10.4 Å². The van der Waals surface area contributed by atoms with Crippen LogP contribution in [0.4, 0.5) is 11.4 Å². The number of pyridine rings is 1. The van der Waals surface area contributed by atoms with Crippen molar-refractivity contribution in [2.45, 2.75) is 6.54 Å². The van der Waals surface area contributed by atoms with E-state index >= 15 is 0 Å². The van der Waals surface area contributed by atoms with Crippen molar-refractivity contribution in [3.63, 3.8) is 0 Å². The highest BCUT2D eigenvalue weighted by Crippen LogP contribution is 2.36. The highest BCUT2D eigenvalue weighted by atomic mass is 16.6. The van der Waals surface area contributed by atoms with Crippen molar-refractivity contribution in [1.29, 1.82) is 0 Å². The fourth-order valence-electron chi connectivity index (χ4n) is 3.60. The first-order valence-electron chi connectivity index (χ1n) is 10.0. The molecule has 11 nitrogen and oxygen atoms in total. The number of ether oxygens (including phenoxy) is 2. The van der Waals surface area contributed by atoms with Crippen LogP contribution in [0.3, 0.4) is 0 Å². The Kier molecular flexibility index (Phi) is 4.98. The van der Waals surface area contributed by atoms with Crippen molar-refractivity contribution >= 4 is 22.9 Å². The molecule has 5 rings (SSSR count). The lowest BCUT2D eigenvalue weighted by Crippen LogP contribution is -2.21. The lowest BCUT2D eigenvalue weighted by Gasteiger charge is -2.19. The molecule has 4 aromatic rings. The molecule has 0 unspecified atom stereocenters. The molecule has 1 amide bonds. The first-order valence-corrected chi connectivity index (χ1v) is 10.0. The van der Waals surface area contributed by atoms with Crippen molar-refractivity contribution in [2.24, 2.45) is 0 Å². The lowest BCUT2D eigenvalue weighted by atomic mass is 10.1. The molecule has 1 aliphatic heterocycles. The van der Waals surface area contributed by atoms with Crippen LogP contribution in [0.15, 0.2) is 65.6 Å².